The number of unbranched alkanes of at least 4 members (excludes halogenated alkanes) is 3. The molecule has 134 valence electrons. The van der Waals surface area contributed by atoms with Gasteiger partial charge >= 0.3 is 6.09 Å². The minimum atomic E-state index is -0.773. The Bertz CT molecular complexity index is 489. The monoisotopic (exact) mass is 335 g/mol. The fourth-order valence-electron chi connectivity index (χ4n) is 2.26. The van der Waals surface area contributed by atoms with Crippen molar-refractivity contribution in [2.24, 2.45) is 5.73 Å². The third-order valence-electron chi connectivity index (χ3n) is 3.65. The second kappa shape index (κ2) is 12.4. The molecule has 0 aliphatic rings. The zero-order valence-corrected chi connectivity index (χ0v) is 14.5. The summed E-state index contributed by atoms with van der Waals surface area (Å²) >= 11 is 0. The molecule has 2 amide bonds. The first kappa shape index (κ1) is 20.0. The van der Waals surface area contributed by atoms with Crippen LogP contribution in [0.4, 0.5) is 4.79 Å². The number of carbonyl (C=O) groups excluding carboxylic acids is 2. The maximum absolute atomic E-state index is 12.0. The SMILES string of the molecule is CCCCCCNCCNC(=O)c1ccc(CCOC(N)=O)cc1. The molecule has 1 rings (SSSR count). The van der Waals surface area contributed by atoms with Crippen molar-refractivity contribution in [1.29, 1.82) is 0 Å². The van der Waals surface area contributed by atoms with Crippen molar-refractivity contribution in [3.05, 3.63) is 35.4 Å². The molecule has 0 heterocycles. The van der Waals surface area contributed by atoms with Gasteiger partial charge < -0.3 is 21.1 Å². The lowest BCUT2D eigenvalue weighted by Gasteiger charge is -2.08. The van der Waals surface area contributed by atoms with Crippen molar-refractivity contribution in [3.8, 4) is 0 Å². The molecule has 0 aromatic heterocycles. The van der Waals surface area contributed by atoms with Crippen LogP contribution in [0.1, 0.15) is 48.5 Å². The van der Waals surface area contributed by atoms with Gasteiger partial charge in [-0.05, 0) is 30.7 Å². The van der Waals surface area contributed by atoms with E-state index >= 15 is 0 Å². The molecule has 0 atom stereocenters. The van der Waals surface area contributed by atoms with E-state index in [9.17, 15) is 9.59 Å². The van der Waals surface area contributed by atoms with Gasteiger partial charge in [-0.15, -0.1) is 0 Å². The Morgan fingerprint density at radius 3 is 2.46 bits per heavy atom. The van der Waals surface area contributed by atoms with Crippen LogP contribution in [0.5, 0.6) is 0 Å². The molecule has 4 N–H and O–H groups in total. The summed E-state index contributed by atoms with van der Waals surface area (Å²) in [5, 5.41) is 6.22. The Hall–Kier alpha value is -2.08. The standard InChI is InChI=1S/C18H29N3O3/c1-2-3-4-5-11-20-12-13-21-17(22)16-8-6-15(7-9-16)10-14-24-18(19)23/h6-9,20H,2-5,10-14H2,1H3,(H2,19,23)(H,21,22). The summed E-state index contributed by atoms with van der Waals surface area (Å²) in [6, 6.07) is 7.25. The molecule has 0 aliphatic carbocycles. The van der Waals surface area contributed by atoms with Gasteiger partial charge in [0.05, 0.1) is 6.61 Å². The molecular formula is C18H29N3O3. The summed E-state index contributed by atoms with van der Waals surface area (Å²) in [5.41, 5.74) is 6.51. The molecular weight excluding hydrogens is 306 g/mol. The van der Waals surface area contributed by atoms with Gasteiger partial charge in [0.15, 0.2) is 0 Å². The average molecular weight is 335 g/mol. The number of hydrogen-bond acceptors (Lipinski definition) is 4. The van der Waals surface area contributed by atoms with Gasteiger partial charge in [-0.3, -0.25) is 4.79 Å². The first-order valence-corrected chi connectivity index (χ1v) is 8.63. The number of nitrogens with two attached hydrogens (primary N) is 1. The van der Waals surface area contributed by atoms with E-state index in [1.165, 1.54) is 25.7 Å². The van der Waals surface area contributed by atoms with E-state index in [1.54, 1.807) is 12.1 Å². The van der Waals surface area contributed by atoms with Crippen LogP contribution in [0.15, 0.2) is 24.3 Å². The molecule has 0 unspecified atom stereocenters. The summed E-state index contributed by atoms with van der Waals surface area (Å²) in [4.78, 5) is 22.5. The highest BCUT2D eigenvalue weighted by molar-refractivity contribution is 5.94. The normalized spacial score (nSPS) is 10.4. The number of ether oxygens (including phenoxy) is 1. The van der Waals surface area contributed by atoms with Gasteiger partial charge in [-0.1, -0.05) is 38.3 Å². The summed E-state index contributed by atoms with van der Waals surface area (Å²) in [6.45, 7) is 4.83. The molecule has 6 nitrogen and oxygen atoms in total. The molecule has 1 aromatic carbocycles. The lowest BCUT2D eigenvalue weighted by atomic mass is 10.1. The summed E-state index contributed by atoms with van der Waals surface area (Å²) in [5.74, 6) is -0.0808. The number of carbonyl (C=O) groups is 2. The topological polar surface area (TPSA) is 93.4 Å². The van der Waals surface area contributed by atoms with Crippen molar-refractivity contribution in [3.63, 3.8) is 0 Å². The first-order valence-electron chi connectivity index (χ1n) is 8.63. The Balaban J connectivity index is 2.17. The van der Waals surface area contributed by atoms with E-state index in [1.807, 2.05) is 12.1 Å². The van der Waals surface area contributed by atoms with Crippen molar-refractivity contribution >= 4 is 12.0 Å². The number of rotatable bonds is 12. The van der Waals surface area contributed by atoms with Crippen molar-refractivity contribution < 1.29 is 14.3 Å². The Labute approximate surface area is 144 Å². The Morgan fingerprint density at radius 2 is 1.79 bits per heavy atom. The maximum atomic E-state index is 12.0. The van der Waals surface area contributed by atoms with Crippen LogP contribution in [0.3, 0.4) is 0 Å². The maximum Gasteiger partial charge on any atom is 0.404 e. The number of amides is 2. The summed E-state index contributed by atoms with van der Waals surface area (Å²) < 4.78 is 4.68. The van der Waals surface area contributed by atoms with Crippen molar-refractivity contribution in [2.75, 3.05) is 26.2 Å². The third kappa shape index (κ3) is 9.15. The predicted molar refractivity (Wildman–Crippen MR) is 95.0 cm³/mol. The van der Waals surface area contributed by atoms with Crippen LogP contribution < -0.4 is 16.4 Å². The molecule has 0 aliphatic heterocycles. The molecule has 0 saturated carbocycles. The quantitative estimate of drug-likeness (QED) is 0.511. The summed E-state index contributed by atoms with van der Waals surface area (Å²) in [6.07, 6.45) is 4.77. The molecule has 1 aromatic rings. The lowest BCUT2D eigenvalue weighted by Crippen LogP contribution is -2.32. The van der Waals surface area contributed by atoms with Crippen molar-refractivity contribution in [2.45, 2.75) is 39.0 Å². The van der Waals surface area contributed by atoms with Crippen LogP contribution in [-0.2, 0) is 11.2 Å². The van der Waals surface area contributed by atoms with E-state index < -0.39 is 6.09 Å². The molecule has 6 heteroatoms. The highest BCUT2D eigenvalue weighted by atomic mass is 16.5. The van der Waals surface area contributed by atoms with Crippen LogP contribution in [0.2, 0.25) is 0 Å². The van der Waals surface area contributed by atoms with Crippen LogP contribution in [-0.4, -0.2) is 38.2 Å². The van der Waals surface area contributed by atoms with Crippen LogP contribution >= 0.6 is 0 Å². The highest BCUT2D eigenvalue weighted by Crippen LogP contribution is 2.05. The molecule has 0 spiro atoms. The number of nitrogens with one attached hydrogen (secondary N) is 2. The number of primary amides is 1. The zero-order chi connectivity index (χ0) is 17.6. The van der Waals surface area contributed by atoms with Gasteiger partial charge in [0.2, 0.25) is 0 Å². The van der Waals surface area contributed by atoms with Crippen LogP contribution in [0, 0.1) is 0 Å². The molecule has 0 bridgehead atoms. The zero-order valence-electron chi connectivity index (χ0n) is 14.5. The molecule has 0 fully saturated rings. The van der Waals surface area contributed by atoms with Crippen LogP contribution in [0.25, 0.3) is 0 Å². The van der Waals surface area contributed by atoms with E-state index in [-0.39, 0.29) is 12.5 Å². The predicted octanol–water partition coefficient (Wildman–Crippen LogP) is 2.22. The fraction of sp³-hybridized carbons (Fsp3) is 0.556. The number of benzene rings is 1. The van der Waals surface area contributed by atoms with E-state index in [0.717, 1.165) is 18.7 Å². The third-order valence-corrected chi connectivity index (χ3v) is 3.65. The van der Waals surface area contributed by atoms with E-state index in [2.05, 4.69) is 22.3 Å². The van der Waals surface area contributed by atoms with Gasteiger partial charge in [0.1, 0.15) is 0 Å². The van der Waals surface area contributed by atoms with Gasteiger partial charge in [0, 0.05) is 25.1 Å². The Morgan fingerprint density at radius 1 is 1.04 bits per heavy atom. The second-order valence-corrected chi connectivity index (χ2v) is 5.68. The minimum Gasteiger partial charge on any atom is -0.449 e. The van der Waals surface area contributed by atoms with Gasteiger partial charge in [0.25, 0.3) is 5.91 Å². The molecule has 0 saturated heterocycles. The average Bonchev–Trinajstić information content (AvgIpc) is 2.57. The highest BCUT2D eigenvalue weighted by Gasteiger charge is 2.04. The summed E-state index contributed by atoms with van der Waals surface area (Å²) in [7, 11) is 0. The minimum absolute atomic E-state index is 0.0808. The Kier molecular flexibility index (Phi) is 10.3. The first-order chi connectivity index (χ1) is 11.6. The van der Waals surface area contributed by atoms with Gasteiger partial charge in [-0.25, -0.2) is 4.79 Å². The second-order valence-electron chi connectivity index (χ2n) is 5.68. The van der Waals surface area contributed by atoms with E-state index in [0.29, 0.717) is 18.5 Å². The smallest absolute Gasteiger partial charge is 0.404 e. The lowest BCUT2D eigenvalue weighted by molar-refractivity contribution is 0.0954. The fourth-order valence-corrected chi connectivity index (χ4v) is 2.26. The van der Waals surface area contributed by atoms with Gasteiger partial charge in [-0.2, -0.15) is 0 Å². The molecule has 24 heavy (non-hydrogen) atoms. The largest absolute Gasteiger partial charge is 0.449 e. The van der Waals surface area contributed by atoms with E-state index in [4.69, 9.17) is 5.73 Å². The van der Waals surface area contributed by atoms with Crippen molar-refractivity contribution in [1.82, 2.24) is 10.6 Å². The molecule has 0 radical (unpaired) electrons. The number of hydrogen-bond donors (Lipinski definition) is 3.